The second kappa shape index (κ2) is 15.4. The highest BCUT2D eigenvalue weighted by molar-refractivity contribution is 7.92. The Morgan fingerprint density at radius 1 is 0.864 bits per heavy atom. The molecule has 230 valence electrons. The predicted molar refractivity (Wildman–Crippen MR) is 173 cm³/mol. The Kier molecular flexibility index (Phi) is 11.4. The molecular formula is C34H36ClN3O5S. The van der Waals surface area contributed by atoms with Gasteiger partial charge in [0.05, 0.1) is 17.7 Å². The Morgan fingerprint density at radius 3 is 2.14 bits per heavy atom. The molecule has 1 N–H and O–H groups in total. The third-order valence-electron chi connectivity index (χ3n) is 7.08. The van der Waals surface area contributed by atoms with Gasteiger partial charge < -0.3 is 15.0 Å². The lowest BCUT2D eigenvalue weighted by Gasteiger charge is -2.34. The van der Waals surface area contributed by atoms with Crippen LogP contribution in [-0.2, 0) is 32.6 Å². The summed E-state index contributed by atoms with van der Waals surface area (Å²) in [5.41, 5.74) is 1.66. The van der Waals surface area contributed by atoms with Crippen molar-refractivity contribution in [1.82, 2.24) is 10.2 Å². The lowest BCUT2D eigenvalue weighted by molar-refractivity contribution is -0.140. The minimum Gasteiger partial charge on any atom is -0.495 e. The number of nitrogens with one attached hydrogen (secondary N) is 1. The van der Waals surface area contributed by atoms with Gasteiger partial charge in [-0.25, -0.2) is 8.42 Å². The highest BCUT2D eigenvalue weighted by atomic mass is 35.5. The Bertz CT molecular complexity index is 1650. The molecule has 4 rings (SSSR count). The molecule has 10 heteroatoms. The summed E-state index contributed by atoms with van der Waals surface area (Å²) in [6.07, 6.45) is 0.922. The summed E-state index contributed by atoms with van der Waals surface area (Å²) in [6.45, 7) is 1.77. The summed E-state index contributed by atoms with van der Waals surface area (Å²) in [4.78, 5) is 29.6. The van der Waals surface area contributed by atoms with Gasteiger partial charge in [0.25, 0.3) is 10.0 Å². The first-order valence-corrected chi connectivity index (χ1v) is 16.1. The predicted octanol–water partition coefficient (Wildman–Crippen LogP) is 5.71. The van der Waals surface area contributed by atoms with Gasteiger partial charge in [-0.2, -0.15) is 0 Å². The standard InChI is InChI=1S/C34H36ClN3O5S/c1-3-22-36-34(40)31(23-26-14-6-4-7-15-26)37(24-27-16-10-11-19-29(27)35)33(39)25-38(30-20-12-13-21-32(30)43-2)44(41,42)28-17-8-5-9-18-28/h4-21,31H,3,22-25H2,1-2H3,(H,36,40). The number of hydrogen-bond acceptors (Lipinski definition) is 5. The quantitative estimate of drug-likeness (QED) is 0.192. The molecule has 0 radical (unpaired) electrons. The van der Waals surface area contributed by atoms with Gasteiger partial charge in [-0.15, -0.1) is 0 Å². The number of para-hydroxylation sites is 2. The molecule has 2 amide bonds. The Hall–Kier alpha value is -4.34. The molecular weight excluding hydrogens is 598 g/mol. The number of halogens is 1. The summed E-state index contributed by atoms with van der Waals surface area (Å²) >= 11 is 6.53. The summed E-state index contributed by atoms with van der Waals surface area (Å²) in [5.74, 6) is -0.646. The first-order valence-electron chi connectivity index (χ1n) is 14.3. The molecule has 0 bridgehead atoms. The van der Waals surface area contributed by atoms with Gasteiger partial charge in [0, 0.05) is 24.5 Å². The Morgan fingerprint density at radius 2 is 1.48 bits per heavy atom. The van der Waals surface area contributed by atoms with Crippen LogP contribution in [0.5, 0.6) is 5.75 Å². The van der Waals surface area contributed by atoms with E-state index < -0.39 is 28.5 Å². The van der Waals surface area contributed by atoms with Gasteiger partial charge in [-0.05, 0) is 47.9 Å². The minimum atomic E-state index is -4.24. The zero-order chi connectivity index (χ0) is 31.5. The van der Waals surface area contributed by atoms with Crippen molar-refractivity contribution in [3.8, 4) is 5.75 Å². The van der Waals surface area contributed by atoms with E-state index in [-0.39, 0.29) is 35.2 Å². The van der Waals surface area contributed by atoms with Crippen molar-refractivity contribution in [1.29, 1.82) is 0 Å². The van der Waals surface area contributed by atoms with E-state index in [1.807, 2.05) is 37.3 Å². The van der Waals surface area contributed by atoms with Gasteiger partial charge in [0.2, 0.25) is 11.8 Å². The van der Waals surface area contributed by atoms with Crippen molar-refractivity contribution in [2.24, 2.45) is 0 Å². The van der Waals surface area contributed by atoms with Crippen LogP contribution in [0, 0.1) is 0 Å². The second-order valence-electron chi connectivity index (χ2n) is 10.1. The lowest BCUT2D eigenvalue weighted by atomic mass is 10.0. The van der Waals surface area contributed by atoms with Crippen LogP contribution in [0.1, 0.15) is 24.5 Å². The van der Waals surface area contributed by atoms with E-state index in [9.17, 15) is 18.0 Å². The van der Waals surface area contributed by atoms with E-state index in [2.05, 4.69) is 5.32 Å². The number of methoxy groups -OCH3 is 1. The zero-order valence-corrected chi connectivity index (χ0v) is 26.3. The second-order valence-corrected chi connectivity index (χ2v) is 12.4. The first-order chi connectivity index (χ1) is 21.3. The SMILES string of the molecule is CCCNC(=O)C(Cc1ccccc1)N(Cc1ccccc1Cl)C(=O)CN(c1ccccc1OC)S(=O)(=O)c1ccccc1. The number of rotatable bonds is 14. The number of ether oxygens (including phenoxy) is 1. The highest BCUT2D eigenvalue weighted by Crippen LogP contribution is 2.33. The number of carbonyl (C=O) groups is 2. The summed E-state index contributed by atoms with van der Waals surface area (Å²) in [6, 6.07) is 30.0. The van der Waals surface area contributed by atoms with Crippen LogP contribution in [-0.4, -0.2) is 51.4 Å². The summed E-state index contributed by atoms with van der Waals surface area (Å²) in [7, 11) is -2.80. The number of carbonyl (C=O) groups excluding carboxylic acids is 2. The molecule has 44 heavy (non-hydrogen) atoms. The number of hydrogen-bond donors (Lipinski definition) is 1. The first kappa shape index (κ1) is 32.6. The van der Waals surface area contributed by atoms with Gasteiger partial charge >= 0.3 is 0 Å². The number of anilines is 1. The molecule has 0 aliphatic carbocycles. The average molecular weight is 634 g/mol. The molecule has 1 atom stereocenters. The van der Waals surface area contributed by atoms with Crippen molar-refractivity contribution in [3.63, 3.8) is 0 Å². The smallest absolute Gasteiger partial charge is 0.264 e. The van der Waals surface area contributed by atoms with E-state index in [0.717, 1.165) is 9.87 Å². The molecule has 8 nitrogen and oxygen atoms in total. The molecule has 4 aromatic rings. The number of amides is 2. The van der Waals surface area contributed by atoms with Crippen LogP contribution in [0.15, 0.2) is 114 Å². The fraction of sp³-hybridized carbons (Fsp3) is 0.235. The fourth-order valence-electron chi connectivity index (χ4n) is 4.80. The summed E-state index contributed by atoms with van der Waals surface area (Å²) in [5, 5.41) is 3.36. The summed E-state index contributed by atoms with van der Waals surface area (Å²) < 4.78 is 34.8. The van der Waals surface area contributed by atoms with Gasteiger partial charge in [-0.1, -0.05) is 97.4 Å². The molecule has 0 spiro atoms. The largest absolute Gasteiger partial charge is 0.495 e. The van der Waals surface area contributed by atoms with Gasteiger partial charge in [0.1, 0.15) is 18.3 Å². The Balaban J connectivity index is 1.82. The highest BCUT2D eigenvalue weighted by Gasteiger charge is 2.35. The van der Waals surface area contributed by atoms with E-state index in [0.29, 0.717) is 23.6 Å². The molecule has 0 fully saturated rings. The van der Waals surface area contributed by atoms with Crippen molar-refractivity contribution < 1.29 is 22.7 Å². The number of benzene rings is 4. The third-order valence-corrected chi connectivity index (χ3v) is 9.23. The maximum Gasteiger partial charge on any atom is 0.264 e. The van der Waals surface area contributed by atoms with E-state index in [1.165, 1.54) is 24.1 Å². The lowest BCUT2D eigenvalue weighted by Crippen LogP contribution is -2.53. The third kappa shape index (κ3) is 7.98. The molecule has 0 aliphatic rings. The molecule has 0 saturated carbocycles. The topological polar surface area (TPSA) is 96.0 Å². The van der Waals surface area contributed by atoms with Crippen molar-refractivity contribution in [2.45, 2.75) is 37.2 Å². The van der Waals surface area contributed by atoms with Crippen LogP contribution in [0.2, 0.25) is 5.02 Å². The van der Waals surface area contributed by atoms with Crippen LogP contribution in [0.25, 0.3) is 0 Å². The number of nitrogens with zero attached hydrogens (tertiary/aromatic N) is 2. The zero-order valence-electron chi connectivity index (χ0n) is 24.7. The van der Waals surface area contributed by atoms with Crippen molar-refractivity contribution in [3.05, 3.63) is 125 Å². The van der Waals surface area contributed by atoms with E-state index in [1.54, 1.807) is 66.7 Å². The van der Waals surface area contributed by atoms with Crippen LogP contribution >= 0.6 is 11.6 Å². The van der Waals surface area contributed by atoms with Crippen LogP contribution < -0.4 is 14.4 Å². The maximum atomic E-state index is 14.5. The molecule has 0 heterocycles. The van der Waals surface area contributed by atoms with Gasteiger partial charge in [-0.3, -0.25) is 13.9 Å². The molecule has 0 saturated heterocycles. The van der Waals surface area contributed by atoms with Gasteiger partial charge in [0.15, 0.2) is 0 Å². The molecule has 1 unspecified atom stereocenters. The van der Waals surface area contributed by atoms with Crippen molar-refractivity contribution in [2.75, 3.05) is 24.5 Å². The maximum absolute atomic E-state index is 14.5. The van der Waals surface area contributed by atoms with E-state index in [4.69, 9.17) is 16.3 Å². The fourth-order valence-corrected chi connectivity index (χ4v) is 6.44. The minimum absolute atomic E-state index is 0.0119. The van der Waals surface area contributed by atoms with Crippen LogP contribution in [0.4, 0.5) is 5.69 Å². The molecule has 0 aliphatic heterocycles. The van der Waals surface area contributed by atoms with E-state index >= 15 is 0 Å². The average Bonchev–Trinajstić information content (AvgIpc) is 3.05. The Labute approximate surface area is 264 Å². The monoisotopic (exact) mass is 633 g/mol. The normalized spacial score (nSPS) is 11.8. The van der Waals surface area contributed by atoms with Crippen LogP contribution in [0.3, 0.4) is 0 Å². The molecule has 4 aromatic carbocycles. The number of sulfonamides is 1. The van der Waals surface area contributed by atoms with Crippen molar-refractivity contribution >= 4 is 39.1 Å². The molecule has 0 aromatic heterocycles.